The average molecular weight is 541 g/mol. The zero-order valence-electron chi connectivity index (χ0n) is 22.2. The number of para-hydroxylation sites is 1. The van der Waals surface area contributed by atoms with Crippen molar-refractivity contribution in [3.05, 3.63) is 146 Å². The van der Waals surface area contributed by atoms with Gasteiger partial charge in [0.1, 0.15) is 0 Å². The van der Waals surface area contributed by atoms with Crippen molar-refractivity contribution in [2.24, 2.45) is 0 Å². The molecule has 3 heteroatoms. The molecule has 0 fully saturated rings. The van der Waals surface area contributed by atoms with Gasteiger partial charge >= 0.3 is 0 Å². The first-order chi connectivity index (χ1) is 20.3. The van der Waals surface area contributed by atoms with Crippen LogP contribution < -0.4 is 0 Å². The number of hydrogen-bond acceptors (Lipinski definition) is 2. The fourth-order valence-corrected chi connectivity index (χ4v) is 11.3. The molecular formula is C38H24N2S. The SMILES string of the molecule is c1ccc(-c2nc(-c3ccc4c(c3)-c3ccccc3S43c4ccccc4-c4ccccc43)nc3ccccc23)cc1. The molecule has 1 aromatic heterocycles. The first-order valence-electron chi connectivity index (χ1n) is 13.9. The van der Waals surface area contributed by atoms with Gasteiger partial charge in [0.25, 0.3) is 0 Å². The van der Waals surface area contributed by atoms with Crippen LogP contribution in [0, 0.1) is 0 Å². The Kier molecular flexibility index (Phi) is 4.73. The van der Waals surface area contributed by atoms with Gasteiger partial charge in [-0.25, -0.2) is 9.97 Å². The molecule has 0 saturated heterocycles. The lowest BCUT2D eigenvalue weighted by molar-refractivity contribution is 1.22. The maximum atomic E-state index is 5.18. The standard InChI is InChI=1S/C38H24N2S/c1-2-12-25(13-3-1)37-30-17-4-8-18-32(30)39-38(40-37)26-22-23-36-31(24-26)29-16-7-11-21-35(29)41(36)33-19-9-5-14-27(33)28-15-6-10-20-34(28)41/h1-24H. The Morgan fingerprint density at radius 1 is 0.390 bits per heavy atom. The minimum atomic E-state index is -1.59. The second-order valence-electron chi connectivity index (χ2n) is 10.6. The van der Waals surface area contributed by atoms with E-state index in [4.69, 9.17) is 9.97 Å². The molecule has 2 aliphatic rings. The van der Waals surface area contributed by atoms with Crippen LogP contribution >= 0.6 is 10.0 Å². The van der Waals surface area contributed by atoms with Gasteiger partial charge in [0.2, 0.25) is 0 Å². The lowest BCUT2D eigenvalue weighted by Gasteiger charge is -2.36. The molecule has 41 heavy (non-hydrogen) atoms. The summed E-state index contributed by atoms with van der Waals surface area (Å²) in [5.41, 5.74) is 9.38. The second kappa shape index (κ2) is 8.50. The van der Waals surface area contributed by atoms with Crippen LogP contribution in [-0.4, -0.2) is 9.97 Å². The van der Waals surface area contributed by atoms with Gasteiger partial charge in [-0.3, -0.25) is 0 Å². The minimum absolute atomic E-state index is 0.756. The van der Waals surface area contributed by atoms with E-state index in [0.29, 0.717) is 0 Å². The van der Waals surface area contributed by atoms with E-state index in [1.807, 2.05) is 6.07 Å². The molecule has 0 radical (unpaired) electrons. The highest BCUT2D eigenvalue weighted by Crippen LogP contribution is 2.84. The number of aromatic nitrogens is 2. The average Bonchev–Trinajstić information content (AvgIpc) is 3.52. The molecule has 0 unspecified atom stereocenters. The summed E-state index contributed by atoms with van der Waals surface area (Å²) in [5.74, 6) is 0.756. The van der Waals surface area contributed by atoms with Gasteiger partial charge in [-0.15, -0.1) is 10.0 Å². The third kappa shape index (κ3) is 3.04. The summed E-state index contributed by atoms with van der Waals surface area (Å²) < 4.78 is 0. The molecule has 3 heterocycles. The summed E-state index contributed by atoms with van der Waals surface area (Å²) in [4.78, 5) is 16.0. The van der Waals surface area contributed by atoms with Crippen molar-refractivity contribution >= 4 is 20.9 Å². The van der Waals surface area contributed by atoms with E-state index in [1.54, 1.807) is 0 Å². The molecule has 1 spiro atoms. The van der Waals surface area contributed by atoms with Crippen molar-refractivity contribution in [2.75, 3.05) is 0 Å². The van der Waals surface area contributed by atoms with Gasteiger partial charge in [-0.1, -0.05) is 109 Å². The van der Waals surface area contributed by atoms with Crippen LogP contribution in [0.2, 0.25) is 0 Å². The smallest absolute Gasteiger partial charge is 0.160 e. The van der Waals surface area contributed by atoms with Crippen molar-refractivity contribution in [3.63, 3.8) is 0 Å². The monoisotopic (exact) mass is 540 g/mol. The van der Waals surface area contributed by atoms with Crippen LogP contribution in [-0.2, 0) is 0 Å². The Morgan fingerprint density at radius 2 is 0.927 bits per heavy atom. The van der Waals surface area contributed by atoms with E-state index >= 15 is 0 Å². The molecule has 0 bridgehead atoms. The number of nitrogens with zero attached hydrogens (tertiary/aromatic N) is 2. The van der Waals surface area contributed by atoms with E-state index in [0.717, 1.165) is 33.5 Å². The topological polar surface area (TPSA) is 25.8 Å². The Morgan fingerprint density at radius 3 is 1.61 bits per heavy atom. The van der Waals surface area contributed by atoms with E-state index < -0.39 is 10.0 Å². The highest BCUT2D eigenvalue weighted by atomic mass is 32.3. The third-order valence-corrected chi connectivity index (χ3v) is 12.5. The maximum Gasteiger partial charge on any atom is 0.160 e. The zero-order chi connectivity index (χ0) is 27.0. The molecule has 6 aromatic carbocycles. The first-order valence-corrected chi connectivity index (χ1v) is 15.6. The Bertz CT molecular complexity index is 2120. The summed E-state index contributed by atoms with van der Waals surface area (Å²) in [5, 5.41) is 1.07. The summed E-state index contributed by atoms with van der Waals surface area (Å²) in [7, 11) is -1.59. The number of rotatable bonds is 2. The largest absolute Gasteiger partial charge is 0.228 e. The lowest BCUT2D eigenvalue weighted by Crippen LogP contribution is -1.98. The molecule has 7 aromatic rings. The number of hydrogen-bond donors (Lipinski definition) is 0. The fourth-order valence-electron chi connectivity index (χ4n) is 6.75. The van der Waals surface area contributed by atoms with Crippen LogP contribution in [0.25, 0.3) is 55.8 Å². The van der Waals surface area contributed by atoms with Gasteiger partial charge in [0.05, 0.1) is 11.2 Å². The van der Waals surface area contributed by atoms with Crippen molar-refractivity contribution in [1.29, 1.82) is 0 Å². The lowest BCUT2D eigenvalue weighted by atomic mass is 10.0. The van der Waals surface area contributed by atoms with Crippen molar-refractivity contribution < 1.29 is 0 Å². The normalized spacial score (nSPS) is 14.3. The third-order valence-electron chi connectivity index (χ3n) is 8.45. The highest BCUT2D eigenvalue weighted by molar-refractivity contribution is 8.34. The van der Waals surface area contributed by atoms with Crippen LogP contribution in [0.4, 0.5) is 0 Å². The van der Waals surface area contributed by atoms with Gasteiger partial charge < -0.3 is 0 Å². The number of benzene rings is 6. The van der Waals surface area contributed by atoms with Gasteiger partial charge in [0, 0.05) is 36.1 Å². The van der Waals surface area contributed by atoms with Crippen LogP contribution in [0.15, 0.2) is 165 Å². The fraction of sp³-hybridized carbons (Fsp3) is 0. The molecule has 0 saturated carbocycles. The Balaban J connectivity index is 1.32. The molecule has 0 aliphatic carbocycles. The van der Waals surface area contributed by atoms with E-state index in [2.05, 4.69) is 140 Å². The maximum absolute atomic E-state index is 5.18. The molecule has 0 N–H and O–H groups in total. The highest BCUT2D eigenvalue weighted by Gasteiger charge is 2.47. The summed E-state index contributed by atoms with van der Waals surface area (Å²) in [6.45, 7) is 0. The van der Waals surface area contributed by atoms with Gasteiger partial charge in [-0.05, 0) is 58.7 Å². The predicted octanol–water partition coefficient (Wildman–Crippen LogP) is 10.3. The zero-order valence-corrected chi connectivity index (χ0v) is 23.0. The van der Waals surface area contributed by atoms with Crippen molar-refractivity contribution in [1.82, 2.24) is 9.97 Å². The minimum Gasteiger partial charge on any atom is -0.228 e. The summed E-state index contributed by atoms with van der Waals surface area (Å²) in [6.07, 6.45) is 0. The number of fused-ring (bicyclic) bond motifs is 11. The van der Waals surface area contributed by atoms with Crippen molar-refractivity contribution in [3.8, 4) is 44.9 Å². The summed E-state index contributed by atoms with van der Waals surface area (Å²) >= 11 is 0. The second-order valence-corrected chi connectivity index (χ2v) is 13.6. The Hall–Kier alpha value is -4.99. The first kappa shape index (κ1) is 22.8. The van der Waals surface area contributed by atoms with Gasteiger partial charge in [-0.2, -0.15) is 0 Å². The van der Waals surface area contributed by atoms with Crippen LogP contribution in [0.1, 0.15) is 0 Å². The molecule has 2 nitrogen and oxygen atoms in total. The predicted molar refractivity (Wildman–Crippen MR) is 168 cm³/mol. The van der Waals surface area contributed by atoms with Crippen molar-refractivity contribution in [2.45, 2.75) is 19.6 Å². The molecule has 192 valence electrons. The van der Waals surface area contributed by atoms with E-state index in [9.17, 15) is 0 Å². The van der Waals surface area contributed by atoms with E-state index in [-0.39, 0.29) is 0 Å². The van der Waals surface area contributed by atoms with E-state index in [1.165, 1.54) is 41.8 Å². The molecule has 0 amide bonds. The quantitative estimate of drug-likeness (QED) is 0.218. The Labute approximate surface area is 240 Å². The molecule has 0 atom stereocenters. The van der Waals surface area contributed by atoms with Crippen LogP contribution in [0.5, 0.6) is 0 Å². The molecular weight excluding hydrogens is 516 g/mol. The molecule has 9 rings (SSSR count). The summed E-state index contributed by atoms with van der Waals surface area (Å²) in [6, 6.07) is 52.7. The van der Waals surface area contributed by atoms with Crippen LogP contribution in [0.3, 0.4) is 0 Å². The molecule has 2 aliphatic heterocycles. The van der Waals surface area contributed by atoms with Gasteiger partial charge in [0.15, 0.2) is 5.82 Å².